The minimum absolute atomic E-state index is 0.156. The average molecular weight is 327 g/mol. The summed E-state index contributed by atoms with van der Waals surface area (Å²) < 4.78 is 5.34. The molecular weight excluding hydrogens is 306 g/mol. The van der Waals surface area contributed by atoms with Crippen molar-refractivity contribution >= 4 is 22.7 Å². The van der Waals surface area contributed by atoms with Gasteiger partial charge in [-0.05, 0) is 33.0 Å². The molecule has 3 rings (SSSR count). The van der Waals surface area contributed by atoms with E-state index < -0.39 is 0 Å². The molecule has 7 heteroatoms. The zero-order valence-electron chi connectivity index (χ0n) is 14.0. The highest BCUT2D eigenvalue weighted by molar-refractivity contribution is 5.80. The van der Waals surface area contributed by atoms with Crippen molar-refractivity contribution in [3.05, 3.63) is 24.1 Å². The maximum atomic E-state index is 12.2. The van der Waals surface area contributed by atoms with Crippen LogP contribution in [0.2, 0.25) is 0 Å². The van der Waals surface area contributed by atoms with E-state index >= 15 is 0 Å². The number of fused-ring (bicyclic) bond motifs is 1. The fourth-order valence-electron chi connectivity index (χ4n) is 2.98. The molecule has 0 aromatic carbocycles. The smallest absolute Gasteiger partial charge is 0.236 e. The molecule has 24 heavy (non-hydrogen) atoms. The van der Waals surface area contributed by atoms with Crippen LogP contribution < -0.4 is 5.32 Å². The molecule has 0 bridgehead atoms. The van der Waals surface area contributed by atoms with Crippen molar-refractivity contribution in [3.8, 4) is 6.07 Å². The SMILES string of the molecule is CN(C)CC(=O)N1CCCC(Nc2cc3cc(C#N)oc3cn2)C1. The van der Waals surface area contributed by atoms with Gasteiger partial charge in [0, 0.05) is 30.6 Å². The largest absolute Gasteiger partial charge is 0.444 e. The third-order valence-corrected chi connectivity index (χ3v) is 4.09. The number of likely N-dealkylation sites (tertiary alicyclic amines) is 1. The van der Waals surface area contributed by atoms with E-state index in [1.807, 2.05) is 36.0 Å². The summed E-state index contributed by atoms with van der Waals surface area (Å²) in [7, 11) is 3.80. The molecule has 1 N–H and O–H groups in total. The molecule has 126 valence electrons. The molecule has 7 nitrogen and oxygen atoms in total. The number of likely N-dealkylation sites (N-methyl/N-ethyl adjacent to an activating group) is 1. The van der Waals surface area contributed by atoms with Crippen molar-refractivity contribution in [3.63, 3.8) is 0 Å². The van der Waals surface area contributed by atoms with Crippen molar-refractivity contribution in [2.45, 2.75) is 18.9 Å². The van der Waals surface area contributed by atoms with Crippen LogP contribution in [0.3, 0.4) is 0 Å². The summed E-state index contributed by atoms with van der Waals surface area (Å²) >= 11 is 0. The molecule has 1 aliphatic rings. The molecule has 1 fully saturated rings. The number of nitriles is 1. The lowest BCUT2D eigenvalue weighted by molar-refractivity contribution is -0.132. The summed E-state index contributed by atoms with van der Waals surface area (Å²) in [6.45, 7) is 1.93. The molecule has 0 saturated carbocycles. The van der Waals surface area contributed by atoms with Gasteiger partial charge in [-0.2, -0.15) is 5.26 Å². The minimum atomic E-state index is 0.156. The number of anilines is 1. The van der Waals surface area contributed by atoms with Crippen molar-refractivity contribution in [1.82, 2.24) is 14.8 Å². The second-order valence-corrected chi connectivity index (χ2v) is 6.39. The topological polar surface area (TPSA) is 85.4 Å². The number of aromatic nitrogens is 1. The van der Waals surface area contributed by atoms with Crippen LogP contribution in [-0.2, 0) is 4.79 Å². The van der Waals surface area contributed by atoms with E-state index in [2.05, 4.69) is 10.3 Å². The Kier molecular flexibility index (Phi) is 4.67. The first kappa shape index (κ1) is 16.3. The van der Waals surface area contributed by atoms with Crippen molar-refractivity contribution in [1.29, 1.82) is 5.26 Å². The van der Waals surface area contributed by atoms with Crippen molar-refractivity contribution in [2.24, 2.45) is 0 Å². The molecule has 1 unspecified atom stereocenters. The molecule has 1 saturated heterocycles. The van der Waals surface area contributed by atoms with Gasteiger partial charge in [0.2, 0.25) is 11.7 Å². The van der Waals surface area contributed by atoms with Gasteiger partial charge in [-0.3, -0.25) is 4.79 Å². The lowest BCUT2D eigenvalue weighted by Crippen LogP contribution is -2.47. The normalized spacial score (nSPS) is 17.9. The van der Waals surface area contributed by atoms with Gasteiger partial charge >= 0.3 is 0 Å². The van der Waals surface area contributed by atoms with E-state index in [9.17, 15) is 4.79 Å². The summed E-state index contributed by atoms with van der Waals surface area (Å²) in [6.07, 6.45) is 3.60. The van der Waals surface area contributed by atoms with E-state index in [0.29, 0.717) is 18.7 Å². The van der Waals surface area contributed by atoms with Crippen molar-refractivity contribution < 1.29 is 9.21 Å². The molecular formula is C17H21N5O2. The standard InChI is InChI=1S/C17H21N5O2/c1-21(2)11-17(23)22-5-3-4-13(10-22)20-16-7-12-6-14(8-18)24-15(12)9-19-16/h6-7,9,13H,3-5,10-11H2,1-2H3,(H,19,20). The van der Waals surface area contributed by atoms with Crippen LogP contribution in [0.5, 0.6) is 0 Å². The number of pyridine rings is 1. The Hall–Kier alpha value is -2.59. The van der Waals surface area contributed by atoms with E-state index in [1.165, 1.54) is 0 Å². The van der Waals surface area contributed by atoms with Gasteiger partial charge in [0.1, 0.15) is 11.9 Å². The first-order chi connectivity index (χ1) is 11.5. The van der Waals surface area contributed by atoms with Gasteiger partial charge in [0.15, 0.2) is 5.58 Å². The molecule has 1 atom stereocenters. The molecule has 2 aromatic rings. The number of hydrogen-bond acceptors (Lipinski definition) is 6. The Labute approximate surface area is 140 Å². The summed E-state index contributed by atoms with van der Waals surface area (Å²) in [5.41, 5.74) is 0.600. The predicted octanol–water partition coefficient (Wildman–Crippen LogP) is 1.66. The number of carbonyl (C=O) groups excluding carboxylic acids is 1. The lowest BCUT2D eigenvalue weighted by atomic mass is 10.1. The fraction of sp³-hybridized carbons (Fsp3) is 0.471. The average Bonchev–Trinajstić information content (AvgIpc) is 2.97. The number of piperidine rings is 1. The molecule has 3 heterocycles. The Bertz CT molecular complexity index is 777. The number of furan rings is 1. The van der Waals surface area contributed by atoms with Crippen LogP contribution in [0, 0.1) is 11.3 Å². The Morgan fingerprint density at radius 2 is 2.38 bits per heavy atom. The van der Waals surface area contributed by atoms with Gasteiger partial charge in [0.25, 0.3) is 0 Å². The number of nitrogens with one attached hydrogen (secondary N) is 1. The second-order valence-electron chi connectivity index (χ2n) is 6.39. The van der Waals surface area contributed by atoms with Gasteiger partial charge < -0.3 is 19.5 Å². The number of rotatable bonds is 4. The monoisotopic (exact) mass is 327 g/mol. The fourth-order valence-corrected chi connectivity index (χ4v) is 2.98. The lowest BCUT2D eigenvalue weighted by Gasteiger charge is -2.34. The van der Waals surface area contributed by atoms with Gasteiger partial charge in [-0.15, -0.1) is 0 Å². The summed E-state index contributed by atoms with van der Waals surface area (Å²) in [5, 5.41) is 13.1. The van der Waals surface area contributed by atoms with Gasteiger partial charge in [0.05, 0.1) is 12.7 Å². The van der Waals surface area contributed by atoms with Crippen LogP contribution in [0.25, 0.3) is 11.0 Å². The molecule has 0 radical (unpaired) electrons. The third kappa shape index (κ3) is 3.66. The molecule has 1 amide bonds. The number of amides is 1. The maximum absolute atomic E-state index is 12.2. The highest BCUT2D eigenvalue weighted by Gasteiger charge is 2.24. The third-order valence-electron chi connectivity index (χ3n) is 4.09. The van der Waals surface area contributed by atoms with Crippen LogP contribution in [0.4, 0.5) is 5.82 Å². The Morgan fingerprint density at radius 1 is 1.54 bits per heavy atom. The van der Waals surface area contributed by atoms with Crippen LogP contribution in [0.1, 0.15) is 18.6 Å². The van der Waals surface area contributed by atoms with Crippen LogP contribution in [0.15, 0.2) is 22.7 Å². The number of carbonyl (C=O) groups is 1. The van der Waals surface area contributed by atoms with E-state index in [0.717, 1.165) is 30.6 Å². The first-order valence-corrected chi connectivity index (χ1v) is 8.04. The molecule has 0 spiro atoms. The Balaban J connectivity index is 1.67. The highest BCUT2D eigenvalue weighted by atomic mass is 16.3. The van der Waals surface area contributed by atoms with Crippen LogP contribution >= 0.6 is 0 Å². The van der Waals surface area contributed by atoms with E-state index in [-0.39, 0.29) is 17.7 Å². The molecule has 2 aromatic heterocycles. The second kappa shape index (κ2) is 6.89. The summed E-state index contributed by atoms with van der Waals surface area (Å²) in [6, 6.07) is 5.75. The highest BCUT2D eigenvalue weighted by Crippen LogP contribution is 2.22. The zero-order chi connectivity index (χ0) is 17.1. The van der Waals surface area contributed by atoms with Crippen molar-refractivity contribution in [2.75, 3.05) is 39.0 Å². The minimum Gasteiger partial charge on any atom is -0.444 e. The number of hydrogen-bond donors (Lipinski definition) is 1. The number of nitrogens with zero attached hydrogens (tertiary/aromatic N) is 4. The summed E-state index contributed by atoms with van der Waals surface area (Å²) in [4.78, 5) is 20.4. The predicted molar refractivity (Wildman–Crippen MR) is 90.5 cm³/mol. The van der Waals surface area contributed by atoms with Gasteiger partial charge in [-0.25, -0.2) is 4.98 Å². The van der Waals surface area contributed by atoms with E-state index in [4.69, 9.17) is 9.68 Å². The maximum Gasteiger partial charge on any atom is 0.236 e. The van der Waals surface area contributed by atoms with Crippen LogP contribution in [-0.4, -0.2) is 60.5 Å². The molecule has 0 aliphatic carbocycles. The Morgan fingerprint density at radius 3 is 3.12 bits per heavy atom. The first-order valence-electron chi connectivity index (χ1n) is 8.04. The van der Waals surface area contributed by atoms with E-state index in [1.54, 1.807) is 12.3 Å². The summed E-state index contributed by atoms with van der Waals surface area (Å²) in [5.74, 6) is 1.17. The quantitative estimate of drug-likeness (QED) is 0.919. The zero-order valence-corrected chi connectivity index (χ0v) is 14.0. The van der Waals surface area contributed by atoms with Gasteiger partial charge in [-0.1, -0.05) is 0 Å². The molecule has 1 aliphatic heterocycles.